The zero-order valence-corrected chi connectivity index (χ0v) is 36.3. The summed E-state index contributed by atoms with van der Waals surface area (Å²) in [5.41, 5.74) is 1.45. The second kappa shape index (κ2) is 22.6. The summed E-state index contributed by atoms with van der Waals surface area (Å²) < 4.78 is 30.1. The van der Waals surface area contributed by atoms with Crippen LogP contribution in [0.1, 0.15) is 74.5 Å². The van der Waals surface area contributed by atoms with E-state index in [9.17, 15) is 33.0 Å². The van der Waals surface area contributed by atoms with Crippen LogP contribution in [0.2, 0.25) is 0 Å². The van der Waals surface area contributed by atoms with Gasteiger partial charge in [-0.25, -0.2) is 4.79 Å². The van der Waals surface area contributed by atoms with E-state index in [2.05, 4.69) is 10.6 Å². The molecule has 62 heavy (non-hydrogen) atoms. The first-order valence-corrected chi connectivity index (χ1v) is 22.0. The van der Waals surface area contributed by atoms with Gasteiger partial charge in [-0.2, -0.15) is 0 Å². The van der Waals surface area contributed by atoms with Crippen molar-refractivity contribution in [2.75, 3.05) is 24.8 Å². The van der Waals surface area contributed by atoms with Gasteiger partial charge in [0.15, 0.2) is 12.2 Å². The molecule has 326 valence electrons. The summed E-state index contributed by atoms with van der Waals surface area (Å²) in [5.74, 6) is -4.50. The standard InChI is InChI=1S/C47H50ClN3O10S/c1-4-59-39(54)26-28-62(58)31-32(2)42-41(45(56)51(42)30-40(55)60-43(33-17-9-5-10-18-33)34-19-11-6-12-20-34)49-37(52)25-27-47(3,50-38(53)29-48)46(57)61-44(35-21-13-7-14-22-35)36-23-15-8-16-24-36/h5-24,31,41-44H,4,25-30H2,1-3H3,(H,49,52)(H,50,53). The third-order valence-electron chi connectivity index (χ3n) is 10.1. The van der Waals surface area contributed by atoms with E-state index in [1.54, 1.807) is 62.4 Å². The van der Waals surface area contributed by atoms with Gasteiger partial charge >= 0.3 is 17.9 Å². The number of likely N-dealkylation sites (tertiary alicyclic amines) is 1. The van der Waals surface area contributed by atoms with Gasteiger partial charge in [-0.3, -0.25) is 28.2 Å². The number of alkyl halides is 1. The smallest absolute Gasteiger partial charge is 0.332 e. The monoisotopic (exact) mass is 883 g/mol. The van der Waals surface area contributed by atoms with Crippen molar-refractivity contribution in [2.45, 2.75) is 69.9 Å². The van der Waals surface area contributed by atoms with Gasteiger partial charge in [-0.1, -0.05) is 121 Å². The maximum Gasteiger partial charge on any atom is 0.332 e. The molecule has 13 nitrogen and oxygen atoms in total. The van der Waals surface area contributed by atoms with E-state index in [4.69, 9.17) is 25.8 Å². The normalized spacial score (nSPS) is 16.4. The van der Waals surface area contributed by atoms with E-state index in [1.807, 2.05) is 72.8 Å². The number of nitrogens with one attached hydrogen (secondary N) is 2. The highest BCUT2D eigenvalue weighted by Gasteiger charge is 2.50. The second-order valence-electron chi connectivity index (χ2n) is 14.8. The van der Waals surface area contributed by atoms with Gasteiger partial charge in [-0.05, 0) is 55.0 Å². The van der Waals surface area contributed by atoms with E-state index >= 15 is 0 Å². The lowest BCUT2D eigenvalue weighted by Crippen LogP contribution is -2.71. The number of hydrogen-bond acceptors (Lipinski definition) is 10. The highest BCUT2D eigenvalue weighted by atomic mass is 35.5. The number of β-lactam (4-membered cyclic amide) rings is 1. The SMILES string of the molecule is CCOC(=O)CCS(=O)C=C(C)C1C(NC(=O)CCC(C)(NC(=O)CCl)C(=O)OC(c2ccccc2)c2ccccc2)C(=O)N1CC(=O)OC(c1ccccc1)c1ccccc1. The van der Waals surface area contributed by atoms with Gasteiger partial charge in [-0.15, -0.1) is 11.6 Å². The Morgan fingerprint density at radius 2 is 1.24 bits per heavy atom. The third-order valence-corrected chi connectivity index (χ3v) is 11.6. The molecule has 1 heterocycles. The number of hydrogen-bond donors (Lipinski definition) is 2. The van der Waals surface area contributed by atoms with Crippen LogP contribution < -0.4 is 10.6 Å². The fourth-order valence-corrected chi connectivity index (χ4v) is 8.11. The van der Waals surface area contributed by atoms with Crippen LogP contribution in [0.25, 0.3) is 0 Å². The van der Waals surface area contributed by atoms with E-state index in [-0.39, 0.29) is 31.6 Å². The molecule has 4 aromatic carbocycles. The Morgan fingerprint density at radius 3 is 1.71 bits per heavy atom. The highest BCUT2D eigenvalue weighted by Crippen LogP contribution is 2.32. The zero-order valence-electron chi connectivity index (χ0n) is 34.7. The Morgan fingerprint density at radius 1 is 0.758 bits per heavy atom. The van der Waals surface area contributed by atoms with Gasteiger partial charge < -0.3 is 29.7 Å². The van der Waals surface area contributed by atoms with Crippen LogP contribution in [0.5, 0.6) is 0 Å². The number of ether oxygens (including phenoxy) is 3. The predicted octanol–water partition coefficient (Wildman–Crippen LogP) is 5.85. The maximum atomic E-state index is 14.0. The van der Waals surface area contributed by atoms with E-state index in [0.717, 1.165) is 0 Å². The molecule has 4 aromatic rings. The van der Waals surface area contributed by atoms with Crippen LogP contribution in [0.4, 0.5) is 0 Å². The molecule has 4 atom stereocenters. The lowest BCUT2D eigenvalue weighted by atomic mass is 9.89. The van der Waals surface area contributed by atoms with Crippen molar-refractivity contribution in [1.29, 1.82) is 0 Å². The first-order chi connectivity index (χ1) is 29.8. The lowest BCUT2D eigenvalue weighted by molar-refractivity contribution is -0.162. The van der Waals surface area contributed by atoms with Crippen molar-refractivity contribution in [2.24, 2.45) is 0 Å². The van der Waals surface area contributed by atoms with Gasteiger partial charge in [0.1, 0.15) is 24.0 Å². The molecule has 0 radical (unpaired) electrons. The Labute approximate surface area is 368 Å². The minimum absolute atomic E-state index is 0.0517. The number of benzene rings is 4. The molecule has 3 amide bonds. The van der Waals surface area contributed by atoms with Crippen LogP contribution in [0.15, 0.2) is 132 Å². The van der Waals surface area contributed by atoms with Gasteiger partial charge in [0.05, 0.1) is 19.1 Å². The van der Waals surface area contributed by atoms with Crippen LogP contribution in [-0.4, -0.2) is 87.1 Å². The maximum absolute atomic E-state index is 14.0. The molecular formula is C47H50ClN3O10S. The Bertz CT molecular complexity index is 2150. The molecule has 4 unspecified atom stereocenters. The molecule has 0 bridgehead atoms. The summed E-state index contributed by atoms with van der Waals surface area (Å²) >= 11 is 5.84. The molecule has 2 N–H and O–H groups in total. The predicted molar refractivity (Wildman–Crippen MR) is 234 cm³/mol. The lowest BCUT2D eigenvalue weighted by Gasteiger charge is -2.47. The average molecular weight is 884 g/mol. The van der Waals surface area contributed by atoms with Crippen molar-refractivity contribution in [1.82, 2.24) is 15.5 Å². The molecule has 1 aliphatic heterocycles. The number of rotatable bonds is 21. The number of carbonyl (C=O) groups is 6. The Balaban J connectivity index is 1.33. The van der Waals surface area contributed by atoms with Crippen molar-refractivity contribution in [3.05, 3.63) is 155 Å². The first kappa shape index (κ1) is 46.9. The summed E-state index contributed by atoms with van der Waals surface area (Å²) in [4.78, 5) is 81.0. The Kier molecular flexibility index (Phi) is 17.1. The van der Waals surface area contributed by atoms with Crippen molar-refractivity contribution >= 4 is 58.0 Å². The van der Waals surface area contributed by atoms with Crippen LogP contribution in [-0.2, 0) is 53.8 Å². The summed E-state index contributed by atoms with van der Waals surface area (Å²) in [6, 6.07) is 34.2. The molecule has 5 rings (SSSR count). The summed E-state index contributed by atoms with van der Waals surface area (Å²) in [5, 5.41) is 6.71. The van der Waals surface area contributed by atoms with E-state index < -0.39 is 88.7 Å². The van der Waals surface area contributed by atoms with E-state index in [1.165, 1.54) is 17.2 Å². The average Bonchev–Trinajstić information content (AvgIpc) is 3.29. The van der Waals surface area contributed by atoms with Gasteiger partial charge in [0.25, 0.3) is 0 Å². The zero-order chi connectivity index (χ0) is 44.6. The highest BCUT2D eigenvalue weighted by molar-refractivity contribution is 7.88. The minimum atomic E-state index is -1.73. The second-order valence-corrected chi connectivity index (χ2v) is 16.4. The van der Waals surface area contributed by atoms with Crippen molar-refractivity contribution < 1.29 is 47.2 Å². The van der Waals surface area contributed by atoms with Crippen LogP contribution >= 0.6 is 11.6 Å². The minimum Gasteiger partial charge on any atom is -0.466 e. The number of nitrogens with zero attached hydrogens (tertiary/aromatic N) is 1. The number of esters is 3. The molecule has 1 saturated heterocycles. The van der Waals surface area contributed by atoms with Gasteiger partial charge in [0.2, 0.25) is 17.7 Å². The molecular weight excluding hydrogens is 834 g/mol. The molecule has 15 heteroatoms. The van der Waals surface area contributed by atoms with E-state index in [0.29, 0.717) is 27.8 Å². The number of halogens is 1. The Hall–Kier alpha value is -6.12. The van der Waals surface area contributed by atoms with Crippen LogP contribution in [0.3, 0.4) is 0 Å². The largest absolute Gasteiger partial charge is 0.466 e. The number of amides is 3. The molecule has 0 saturated carbocycles. The number of carbonyl (C=O) groups excluding carboxylic acids is 6. The third kappa shape index (κ3) is 12.7. The van der Waals surface area contributed by atoms with Crippen molar-refractivity contribution in [3.8, 4) is 0 Å². The summed E-state index contributed by atoms with van der Waals surface area (Å²) in [7, 11) is -1.68. The fraction of sp³-hybridized carbons (Fsp3) is 0.319. The summed E-state index contributed by atoms with van der Waals surface area (Å²) in [6.07, 6.45) is -2.32. The topological polar surface area (TPSA) is 174 Å². The summed E-state index contributed by atoms with van der Waals surface area (Å²) in [6.45, 7) is 4.39. The molecule has 0 aromatic heterocycles. The van der Waals surface area contributed by atoms with Gasteiger partial charge in [0, 0.05) is 28.4 Å². The molecule has 1 fully saturated rings. The fourth-order valence-electron chi connectivity index (χ4n) is 7.01. The molecule has 1 aliphatic rings. The van der Waals surface area contributed by atoms with Crippen LogP contribution in [0, 0.1) is 0 Å². The molecule has 0 spiro atoms. The van der Waals surface area contributed by atoms with Crippen molar-refractivity contribution in [3.63, 3.8) is 0 Å². The first-order valence-electron chi connectivity index (χ1n) is 20.1. The quantitative estimate of drug-likeness (QED) is 0.0448. The molecule has 0 aliphatic carbocycles.